The number of phenols is 1. The lowest BCUT2D eigenvalue weighted by atomic mass is 10.1. The van der Waals surface area contributed by atoms with Gasteiger partial charge in [0.15, 0.2) is 5.75 Å². The molecule has 0 fully saturated rings. The molecule has 0 aliphatic heterocycles. The van der Waals surface area contributed by atoms with E-state index in [1.54, 1.807) is 25.1 Å². The molecular formula is C17H13NO6. The van der Waals surface area contributed by atoms with Crippen LogP contribution in [-0.2, 0) is 6.61 Å². The van der Waals surface area contributed by atoms with E-state index in [-0.39, 0.29) is 29.4 Å². The molecule has 0 aliphatic carbocycles. The van der Waals surface area contributed by atoms with Gasteiger partial charge in [-0.05, 0) is 25.1 Å². The van der Waals surface area contributed by atoms with E-state index in [0.717, 1.165) is 0 Å². The lowest BCUT2D eigenvalue weighted by Crippen LogP contribution is -2.05. The van der Waals surface area contributed by atoms with Gasteiger partial charge in [-0.2, -0.15) is 0 Å². The van der Waals surface area contributed by atoms with Crippen molar-refractivity contribution < 1.29 is 19.2 Å². The summed E-state index contributed by atoms with van der Waals surface area (Å²) in [7, 11) is 0. The van der Waals surface area contributed by atoms with Gasteiger partial charge in [0.2, 0.25) is 0 Å². The second-order valence-corrected chi connectivity index (χ2v) is 5.19. The van der Waals surface area contributed by atoms with Gasteiger partial charge >= 0.3 is 11.3 Å². The van der Waals surface area contributed by atoms with Gasteiger partial charge in [0.1, 0.15) is 17.9 Å². The van der Waals surface area contributed by atoms with Crippen LogP contribution in [0.1, 0.15) is 11.1 Å². The van der Waals surface area contributed by atoms with Gasteiger partial charge in [0.05, 0.1) is 4.92 Å². The summed E-state index contributed by atoms with van der Waals surface area (Å²) >= 11 is 0. The van der Waals surface area contributed by atoms with Crippen molar-refractivity contribution in [2.24, 2.45) is 0 Å². The lowest BCUT2D eigenvalue weighted by molar-refractivity contribution is -0.385. The van der Waals surface area contributed by atoms with Gasteiger partial charge in [0.25, 0.3) is 0 Å². The van der Waals surface area contributed by atoms with Gasteiger partial charge in [0, 0.05) is 28.6 Å². The fourth-order valence-corrected chi connectivity index (χ4v) is 2.42. The predicted octanol–water partition coefficient (Wildman–Crippen LogP) is 3.29. The lowest BCUT2D eigenvalue weighted by Gasteiger charge is -2.10. The normalized spacial score (nSPS) is 10.7. The summed E-state index contributed by atoms with van der Waals surface area (Å²) in [6.07, 6.45) is 0. The molecular weight excluding hydrogens is 314 g/mol. The number of aromatic hydroxyl groups is 1. The van der Waals surface area contributed by atoms with E-state index >= 15 is 0 Å². The van der Waals surface area contributed by atoms with Crippen LogP contribution in [0.15, 0.2) is 51.7 Å². The van der Waals surface area contributed by atoms with Crippen LogP contribution in [0, 0.1) is 17.0 Å². The predicted molar refractivity (Wildman–Crippen MR) is 86.3 cm³/mol. The molecule has 0 amide bonds. The molecule has 7 nitrogen and oxygen atoms in total. The molecule has 1 aromatic heterocycles. The summed E-state index contributed by atoms with van der Waals surface area (Å²) in [6, 6.07) is 10.4. The Morgan fingerprint density at radius 1 is 1.25 bits per heavy atom. The molecule has 7 heteroatoms. The maximum absolute atomic E-state index is 11.7. The minimum absolute atomic E-state index is 0.0161. The number of nitro groups is 1. The van der Waals surface area contributed by atoms with Crippen LogP contribution in [0.5, 0.6) is 11.5 Å². The van der Waals surface area contributed by atoms with Crippen LogP contribution < -0.4 is 10.4 Å². The van der Waals surface area contributed by atoms with E-state index in [2.05, 4.69) is 0 Å². The summed E-state index contributed by atoms with van der Waals surface area (Å²) in [5, 5.41) is 21.4. The fourth-order valence-electron chi connectivity index (χ4n) is 2.42. The standard InChI is InChI=1S/C17H13NO6/c1-10-14(19)7-6-12-11(8-16(20)24-17(10)12)9-23-15-5-3-2-4-13(15)18(21)22/h2-8,19H,9H2,1H3. The highest BCUT2D eigenvalue weighted by Crippen LogP contribution is 2.30. The maximum atomic E-state index is 11.7. The number of rotatable bonds is 4. The van der Waals surface area contributed by atoms with Gasteiger partial charge in [-0.1, -0.05) is 12.1 Å². The van der Waals surface area contributed by atoms with E-state index in [1.165, 1.54) is 24.3 Å². The minimum atomic E-state index is -0.586. The van der Waals surface area contributed by atoms with Crippen molar-refractivity contribution >= 4 is 16.7 Å². The number of nitrogens with zero attached hydrogens (tertiary/aromatic N) is 1. The molecule has 24 heavy (non-hydrogen) atoms. The van der Waals surface area contributed by atoms with Gasteiger partial charge in [-0.3, -0.25) is 10.1 Å². The van der Waals surface area contributed by atoms with E-state index in [4.69, 9.17) is 9.15 Å². The number of hydrogen-bond donors (Lipinski definition) is 1. The van der Waals surface area contributed by atoms with Gasteiger partial charge in [-0.25, -0.2) is 4.79 Å². The number of benzene rings is 2. The average Bonchev–Trinajstić information content (AvgIpc) is 2.56. The number of aryl methyl sites for hydroxylation is 1. The monoisotopic (exact) mass is 327 g/mol. The molecule has 0 radical (unpaired) electrons. The second kappa shape index (κ2) is 6.04. The Morgan fingerprint density at radius 3 is 2.75 bits per heavy atom. The van der Waals surface area contributed by atoms with E-state index < -0.39 is 10.5 Å². The molecule has 3 rings (SSSR count). The number of hydrogen-bond acceptors (Lipinski definition) is 6. The van der Waals surface area contributed by atoms with Gasteiger partial charge < -0.3 is 14.3 Å². The molecule has 3 aromatic rings. The van der Waals surface area contributed by atoms with Crippen molar-refractivity contribution in [2.75, 3.05) is 0 Å². The average molecular weight is 327 g/mol. The first-order valence-electron chi connectivity index (χ1n) is 7.09. The Bertz CT molecular complexity index is 992. The number of fused-ring (bicyclic) bond motifs is 1. The summed E-state index contributed by atoms with van der Waals surface area (Å²) < 4.78 is 10.7. The first-order chi connectivity index (χ1) is 11.5. The van der Waals surface area contributed by atoms with E-state index in [0.29, 0.717) is 16.5 Å². The first-order valence-corrected chi connectivity index (χ1v) is 7.09. The van der Waals surface area contributed by atoms with Crippen LogP contribution in [0.2, 0.25) is 0 Å². The smallest absolute Gasteiger partial charge is 0.336 e. The van der Waals surface area contributed by atoms with Crippen molar-refractivity contribution in [1.29, 1.82) is 0 Å². The fraction of sp³-hybridized carbons (Fsp3) is 0.118. The zero-order valence-corrected chi connectivity index (χ0v) is 12.7. The summed E-state index contributed by atoms with van der Waals surface area (Å²) in [5.41, 5.74) is 0.485. The topological polar surface area (TPSA) is 103 Å². The maximum Gasteiger partial charge on any atom is 0.336 e. The van der Waals surface area contributed by atoms with Crippen molar-refractivity contribution in [1.82, 2.24) is 0 Å². The largest absolute Gasteiger partial charge is 0.508 e. The molecule has 122 valence electrons. The molecule has 0 aliphatic rings. The first kappa shape index (κ1) is 15.5. The van der Waals surface area contributed by atoms with Crippen LogP contribution >= 0.6 is 0 Å². The highest BCUT2D eigenvalue weighted by atomic mass is 16.6. The molecule has 0 bridgehead atoms. The third-order valence-electron chi connectivity index (χ3n) is 3.66. The van der Waals surface area contributed by atoms with Crippen molar-refractivity contribution in [3.8, 4) is 11.5 Å². The van der Waals surface area contributed by atoms with Crippen LogP contribution in [0.4, 0.5) is 5.69 Å². The quantitative estimate of drug-likeness (QED) is 0.448. The number of nitro benzene ring substituents is 1. The third kappa shape index (κ3) is 2.79. The second-order valence-electron chi connectivity index (χ2n) is 5.19. The third-order valence-corrected chi connectivity index (χ3v) is 3.66. The number of phenolic OH excluding ortho intramolecular Hbond substituents is 1. The zero-order valence-electron chi connectivity index (χ0n) is 12.7. The molecule has 0 saturated heterocycles. The van der Waals surface area contributed by atoms with Crippen molar-refractivity contribution in [3.63, 3.8) is 0 Å². The minimum Gasteiger partial charge on any atom is -0.508 e. The summed E-state index contributed by atoms with van der Waals surface area (Å²) in [4.78, 5) is 22.2. The Labute approximate surface area is 135 Å². The van der Waals surface area contributed by atoms with Crippen molar-refractivity contribution in [2.45, 2.75) is 13.5 Å². The van der Waals surface area contributed by atoms with Crippen LogP contribution in [0.3, 0.4) is 0 Å². The van der Waals surface area contributed by atoms with Crippen LogP contribution in [-0.4, -0.2) is 10.0 Å². The Kier molecular flexibility index (Phi) is 3.91. The molecule has 0 spiro atoms. The van der Waals surface area contributed by atoms with Gasteiger partial charge in [-0.15, -0.1) is 0 Å². The molecule has 2 aromatic carbocycles. The highest BCUT2D eigenvalue weighted by Gasteiger charge is 2.15. The molecule has 1 heterocycles. The molecule has 0 saturated carbocycles. The van der Waals surface area contributed by atoms with E-state index in [1.807, 2.05) is 0 Å². The summed E-state index contributed by atoms with van der Waals surface area (Å²) in [6.45, 7) is 1.59. The van der Waals surface area contributed by atoms with Crippen molar-refractivity contribution in [3.05, 3.63) is 74.1 Å². The number of para-hydroxylation sites is 2. The molecule has 1 N–H and O–H groups in total. The van der Waals surface area contributed by atoms with Crippen LogP contribution in [0.25, 0.3) is 11.0 Å². The molecule has 0 atom stereocenters. The number of ether oxygens (including phenoxy) is 1. The molecule has 0 unspecified atom stereocenters. The Hall–Kier alpha value is -3.35. The Morgan fingerprint density at radius 2 is 2.00 bits per heavy atom. The summed E-state index contributed by atoms with van der Waals surface area (Å²) in [5.74, 6) is 0.127. The highest BCUT2D eigenvalue weighted by molar-refractivity contribution is 5.84. The Balaban J connectivity index is 2.01. The zero-order chi connectivity index (χ0) is 17.3. The van der Waals surface area contributed by atoms with E-state index in [9.17, 15) is 20.0 Å². The SMILES string of the molecule is Cc1c(O)ccc2c(COc3ccccc3[N+](=O)[O-])cc(=O)oc12.